The van der Waals surface area contributed by atoms with Gasteiger partial charge in [-0.1, -0.05) is 22.9 Å². The Hall–Kier alpha value is -1.59. The van der Waals surface area contributed by atoms with Gasteiger partial charge in [-0.25, -0.2) is 4.68 Å². The van der Waals surface area contributed by atoms with Gasteiger partial charge >= 0.3 is 0 Å². The van der Waals surface area contributed by atoms with Crippen molar-refractivity contribution in [3.05, 3.63) is 41.2 Å². The highest BCUT2D eigenvalue weighted by Crippen LogP contribution is 2.16. The highest BCUT2D eigenvalue weighted by molar-refractivity contribution is 6.30. The molecule has 0 aliphatic carbocycles. The second-order valence-electron chi connectivity index (χ2n) is 3.44. The molecule has 2 aromatic rings. The average molecular weight is 254 g/mol. The molecule has 1 aromatic heterocycles. The molecule has 0 aliphatic heterocycles. The minimum Gasteiger partial charge on any atom is -0.492 e. The summed E-state index contributed by atoms with van der Waals surface area (Å²) in [6, 6.07) is 7.21. The molecule has 1 aromatic carbocycles. The molecule has 90 valence electrons. The lowest BCUT2D eigenvalue weighted by molar-refractivity contribution is 0.276. The summed E-state index contributed by atoms with van der Waals surface area (Å²) in [5.41, 5.74) is 0.549. The minimum atomic E-state index is -0.102. The Bertz CT molecular complexity index is 487. The molecule has 1 N–H and O–H groups in total. The van der Waals surface area contributed by atoms with E-state index in [1.54, 1.807) is 23.0 Å². The van der Waals surface area contributed by atoms with Crippen molar-refractivity contribution in [2.75, 3.05) is 6.61 Å². The summed E-state index contributed by atoms with van der Waals surface area (Å²) in [6.45, 7) is 0.934. The van der Waals surface area contributed by atoms with Crippen LogP contribution in [0.15, 0.2) is 30.5 Å². The van der Waals surface area contributed by atoms with Crippen LogP contribution in [0.4, 0.5) is 0 Å². The smallest absolute Gasteiger partial charge is 0.120 e. The summed E-state index contributed by atoms with van der Waals surface area (Å²) in [5.74, 6) is 0.722. The third-order valence-electron chi connectivity index (χ3n) is 2.13. The van der Waals surface area contributed by atoms with E-state index in [1.165, 1.54) is 0 Å². The molecule has 2 rings (SSSR count). The van der Waals surface area contributed by atoms with E-state index in [0.717, 1.165) is 5.75 Å². The van der Waals surface area contributed by atoms with Gasteiger partial charge in [-0.2, -0.15) is 0 Å². The number of aromatic nitrogens is 3. The largest absolute Gasteiger partial charge is 0.492 e. The van der Waals surface area contributed by atoms with E-state index < -0.39 is 0 Å². The van der Waals surface area contributed by atoms with Gasteiger partial charge in [0.15, 0.2) is 0 Å². The van der Waals surface area contributed by atoms with Crippen LogP contribution in [0.25, 0.3) is 0 Å². The first-order valence-corrected chi connectivity index (χ1v) is 5.54. The molecule has 1 heterocycles. The van der Waals surface area contributed by atoms with Crippen molar-refractivity contribution in [3.8, 4) is 5.75 Å². The number of ether oxygens (including phenoxy) is 1. The third kappa shape index (κ3) is 3.44. The maximum Gasteiger partial charge on any atom is 0.120 e. The highest BCUT2D eigenvalue weighted by atomic mass is 35.5. The quantitative estimate of drug-likeness (QED) is 0.877. The summed E-state index contributed by atoms with van der Waals surface area (Å²) in [7, 11) is 0. The van der Waals surface area contributed by atoms with Gasteiger partial charge < -0.3 is 9.84 Å². The SMILES string of the molecule is OCc1cn(CCOc2cccc(Cl)c2)nn1. The van der Waals surface area contributed by atoms with Crippen LogP contribution in [0, 0.1) is 0 Å². The van der Waals surface area contributed by atoms with E-state index in [-0.39, 0.29) is 6.61 Å². The number of halogens is 1. The van der Waals surface area contributed by atoms with Crippen molar-refractivity contribution in [3.63, 3.8) is 0 Å². The van der Waals surface area contributed by atoms with Gasteiger partial charge in [0, 0.05) is 5.02 Å². The van der Waals surface area contributed by atoms with E-state index in [0.29, 0.717) is 23.9 Å². The van der Waals surface area contributed by atoms with Crippen LogP contribution in [0.2, 0.25) is 5.02 Å². The van der Waals surface area contributed by atoms with Crippen LogP contribution < -0.4 is 4.74 Å². The average Bonchev–Trinajstić information content (AvgIpc) is 2.77. The van der Waals surface area contributed by atoms with Gasteiger partial charge in [-0.05, 0) is 18.2 Å². The van der Waals surface area contributed by atoms with Gasteiger partial charge in [0.05, 0.1) is 19.3 Å². The Morgan fingerprint density at radius 3 is 3.00 bits per heavy atom. The summed E-state index contributed by atoms with van der Waals surface area (Å²) >= 11 is 5.83. The van der Waals surface area contributed by atoms with Gasteiger partial charge in [0.25, 0.3) is 0 Å². The van der Waals surface area contributed by atoms with E-state index in [2.05, 4.69) is 10.3 Å². The molecule has 0 atom stereocenters. The molecular formula is C11H12ClN3O2. The molecule has 0 radical (unpaired) electrons. The monoisotopic (exact) mass is 253 g/mol. The van der Waals surface area contributed by atoms with Crippen LogP contribution in [0.5, 0.6) is 5.75 Å². The highest BCUT2D eigenvalue weighted by Gasteiger charge is 1.99. The summed E-state index contributed by atoms with van der Waals surface area (Å²) in [5, 5.41) is 17.1. The maximum absolute atomic E-state index is 8.82. The molecule has 17 heavy (non-hydrogen) atoms. The lowest BCUT2D eigenvalue weighted by Crippen LogP contribution is -2.08. The number of hydrogen-bond donors (Lipinski definition) is 1. The fourth-order valence-electron chi connectivity index (χ4n) is 1.33. The molecule has 5 nitrogen and oxygen atoms in total. The number of aliphatic hydroxyl groups is 1. The normalized spacial score (nSPS) is 10.5. The standard InChI is InChI=1S/C11H12ClN3O2/c12-9-2-1-3-11(6-9)17-5-4-15-7-10(8-16)13-14-15/h1-3,6-7,16H,4-5,8H2. The van der Waals surface area contributed by atoms with Crippen molar-refractivity contribution >= 4 is 11.6 Å². The number of rotatable bonds is 5. The molecule has 0 saturated heterocycles. The Kier molecular flexibility index (Phi) is 3.95. The number of benzene rings is 1. The van der Waals surface area contributed by atoms with E-state index in [1.807, 2.05) is 12.1 Å². The minimum absolute atomic E-state index is 0.102. The van der Waals surface area contributed by atoms with Crippen molar-refractivity contribution in [2.45, 2.75) is 13.2 Å². The van der Waals surface area contributed by atoms with Crippen molar-refractivity contribution < 1.29 is 9.84 Å². The van der Waals surface area contributed by atoms with E-state index >= 15 is 0 Å². The zero-order valence-electron chi connectivity index (χ0n) is 9.08. The van der Waals surface area contributed by atoms with Gasteiger partial charge in [0.1, 0.15) is 18.1 Å². The molecule has 0 aliphatic rings. The Labute approximate surface area is 104 Å². The second kappa shape index (κ2) is 5.65. The number of hydrogen-bond acceptors (Lipinski definition) is 4. The van der Waals surface area contributed by atoms with Crippen LogP contribution in [0.1, 0.15) is 5.69 Å². The Morgan fingerprint density at radius 1 is 1.41 bits per heavy atom. The second-order valence-corrected chi connectivity index (χ2v) is 3.87. The predicted octanol–water partition coefficient (Wildman–Crippen LogP) is 1.50. The lowest BCUT2D eigenvalue weighted by atomic mass is 10.3. The first-order valence-electron chi connectivity index (χ1n) is 5.16. The van der Waals surface area contributed by atoms with Crippen molar-refractivity contribution in [2.24, 2.45) is 0 Å². The zero-order chi connectivity index (χ0) is 12.1. The first-order chi connectivity index (χ1) is 8.28. The van der Waals surface area contributed by atoms with Crippen LogP contribution >= 0.6 is 11.6 Å². The molecule has 0 unspecified atom stereocenters. The van der Waals surface area contributed by atoms with Crippen molar-refractivity contribution in [1.82, 2.24) is 15.0 Å². The lowest BCUT2D eigenvalue weighted by Gasteiger charge is -2.05. The van der Waals surface area contributed by atoms with E-state index in [9.17, 15) is 0 Å². The maximum atomic E-state index is 8.82. The Morgan fingerprint density at radius 2 is 2.29 bits per heavy atom. The van der Waals surface area contributed by atoms with Gasteiger partial charge in [0.2, 0.25) is 0 Å². The van der Waals surface area contributed by atoms with Crippen LogP contribution in [-0.4, -0.2) is 26.7 Å². The molecule has 6 heteroatoms. The third-order valence-corrected chi connectivity index (χ3v) is 2.37. The molecule has 0 bridgehead atoms. The molecule has 0 fully saturated rings. The fraction of sp³-hybridized carbons (Fsp3) is 0.273. The van der Waals surface area contributed by atoms with Gasteiger partial charge in [-0.3, -0.25) is 0 Å². The van der Waals surface area contributed by atoms with Gasteiger partial charge in [-0.15, -0.1) is 5.10 Å². The van der Waals surface area contributed by atoms with E-state index in [4.69, 9.17) is 21.4 Å². The fourth-order valence-corrected chi connectivity index (χ4v) is 1.51. The summed E-state index contributed by atoms with van der Waals surface area (Å²) < 4.78 is 7.12. The van der Waals surface area contributed by atoms with Crippen LogP contribution in [0.3, 0.4) is 0 Å². The predicted molar refractivity (Wildman–Crippen MR) is 62.9 cm³/mol. The van der Waals surface area contributed by atoms with Crippen LogP contribution in [-0.2, 0) is 13.2 Å². The summed E-state index contributed by atoms with van der Waals surface area (Å²) in [6.07, 6.45) is 1.68. The molecule has 0 saturated carbocycles. The Balaban J connectivity index is 1.83. The first kappa shape index (κ1) is 11.9. The molecule has 0 amide bonds. The topological polar surface area (TPSA) is 60.2 Å². The molecular weight excluding hydrogens is 242 g/mol. The zero-order valence-corrected chi connectivity index (χ0v) is 9.84. The summed E-state index contributed by atoms with van der Waals surface area (Å²) in [4.78, 5) is 0. The molecule has 0 spiro atoms. The van der Waals surface area contributed by atoms with Crippen molar-refractivity contribution in [1.29, 1.82) is 0 Å². The number of nitrogens with zero attached hydrogens (tertiary/aromatic N) is 3. The number of aliphatic hydroxyl groups excluding tert-OH is 1.